The Morgan fingerprint density at radius 1 is 1.27 bits per heavy atom. The van der Waals surface area contributed by atoms with Gasteiger partial charge in [-0.25, -0.2) is 0 Å². The fourth-order valence-corrected chi connectivity index (χ4v) is 2.79. The van der Waals surface area contributed by atoms with E-state index in [1.54, 1.807) is 17.1 Å². The Morgan fingerprint density at radius 3 is 2.50 bits per heavy atom. The molecule has 0 radical (unpaired) electrons. The lowest BCUT2D eigenvalue weighted by Gasteiger charge is -2.17. The van der Waals surface area contributed by atoms with Gasteiger partial charge in [0, 0.05) is 18.1 Å². The predicted octanol–water partition coefficient (Wildman–Crippen LogP) is 2.72. The van der Waals surface area contributed by atoms with Crippen molar-refractivity contribution in [2.45, 2.75) is 53.1 Å². The minimum atomic E-state index is -0.0167. The second kappa shape index (κ2) is 7.20. The third kappa shape index (κ3) is 3.53. The lowest BCUT2D eigenvalue weighted by molar-refractivity contribution is -0.122. The molecule has 0 aliphatic carbocycles. The zero-order chi connectivity index (χ0) is 16.1. The van der Waals surface area contributed by atoms with Crippen molar-refractivity contribution in [3.05, 3.63) is 47.0 Å². The molecule has 2 aromatic heterocycles. The first-order chi connectivity index (χ1) is 10.6. The average molecular weight is 300 g/mol. The minimum absolute atomic E-state index is 0.0121. The van der Waals surface area contributed by atoms with Gasteiger partial charge in [0.25, 0.3) is 0 Å². The molecule has 1 unspecified atom stereocenters. The number of hydrogen-bond acceptors (Lipinski definition) is 3. The largest absolute Gasteiger partial charge is 0.348 e. The number of pyridine rings is 1. The molecule has 1 atom stereocenters. The van der Waals surface area contributed by atoms with E-state index in [1.807, 2.05) is 26.0 Å². The van der Waals surface area contributed by atoms with E-state index in [9.17, 15) is 4.79 Å². The normalized spacial score (nSPS) is 12.2. The highest BCUT2D eigenvalue weighted by Crippen LogP contribution is 2.16. The maximum absolute atomic E-state index is 12.3. The molecule has 0 saturated carbocycles. The SMILES string of the molecule is CCc1c(C)nn(CC(=O)NC(CC)c2ccncc2)c1C. The molecule has 0 aromatic carbocycles. The highest BCUT2D eigenvalue weighted by atomic mass is 16.2. The van der Waals surface area contributed by atoms with Gasteiger partial charge in [-0.15, -0.1) is 0 Å². The van der Waals surface area contributed by atoms with E-state index in [-0.39, 0.29) is 18.5 Å². The van der Waals surface area contributed by atoms with Gasteiger partial charge < -0.3 is 5.32 Å². The maximum atomic E-state index is 12.3. The second-order valence-corrected chi connectivity index (χ2v) is 5.47. The molecular formula is C17H24N4O. The molecule has 1 amide bonds. The Hall–Kier alpha value is -2.17. The van der Waals surface area contributed by atoms with Crippen LogP contribution in [0, 0.1) is 13.8 Å². The standard InChI is InChI=1S/C17H24N4O/c1-5-15-12(3)20-21(13(15)4)11-17(22)19-16(6-2)14-7-9-18-10-8-14/h7-10,16H,5-6,11H2,1-4H3,(H,19,22). The number of carbonyl (C=O) groups excluding carboxylic acids is 1. The van der Waals surface area contributed by atoms with E-state index in [0.717, 1.165) is 29.8 Å². The van der Waals surface area contributed by atoms with Gasteiger partial charge in [-0.05, 0) is 49.9 Å². The second-order valence-electron chi connectivity index (χ2n) is 5.47. The van der Waals surface area contributed by atoms with Gasteiger partial charge in [0.2, 0.25) is 5.91 Å². The van der Waals surface area contributed by atoms with Crippen molar-refractivity contribution in [1.82, 2.24) is 20.1 Å². The molecule has 2 aromatic rings. The molecule has 5 nitrogen and oxygen atoms in total. The first-order valence-electron chi connectivity index (χ1n) is 7.78. The van der Waals surface area contributed by atoms with Crippen molar-refractivity contribution >= 4 is 5.91 Å². The summed E-state index contributed by atoms with van der Waals surface area (Å²) in [5.41, 5.74) is 4.39. The van der Waals surface area contributed by atoms with Crippen molar-refractivity contribution < 1.29 is 4.79 Å². The Morgan fingerprint density at radius 2 is 1.95 bits per heavy atom. The topological polar surface area (TPSA) is 59.8 Å². The Labute approximate surface area is 131 Å². The molecule has 0 aliphatic rings. The van der Waals surface area contributed by atoms with Gasteiger partial charge in [0.15, 0.2) is 0 Å². The Kier molecular flexibility index (Phi) is 5.31. The summed E-state index contributed by atoms with van der Waals surface area (Å²) in [6.45, 7) is 8.44. The van der Waals surface area contributed by atoms with Gasteiger partial charge >= 0.3 is 0 Å². The number of hydrogen-bond donors (Lipinski definition) is 1. The van der Waals surface area contributed by atoms with E-state index in [1.165, 1.54) is 5.56 Å². The molecule has 118 valence electrons. The molecule has 0 aliphatic heterocycles. The number of nitrogens with zero attached hydrogens (tertiary/aromatic N) is 3. The Bertz CT molecular complexity index is 634. The summed E-state index contributed by atoms with van der Waals surface area (Å²) in [5, 5.41) is 7.55. The summed E-state index contributed by atoms with van der Waals surface area (Å²) in [6.07, 6.45) is 5.28. The fraction of sp³-hybridized carbons (Fsp3) is 0.471. The Balaban J connectivity index is 2.06. The molecule has 5 heteroatoms. The van der Waals surface area contributed by atoms with Crippen LogP contribution in [0.2, 0.25) is 0 Å². The van der Waals surface area contributed by atoms with Gasteiger partial charge in [-0.1, -0.05) is 13.8 Å². The van der Waals surface area contributed by atoms with Gasteiger partial charge in [0.05, 0.1) is 11.7 Å². The number of carbonyl (C=O) groups is 1. The third-order valence-corrected chi connectivity index (χ3v) is 4.03. The number of aromatic nitrogens is 3. The van der Waals surface area contributed by atoms with Crippen LogP contribution in [0.4, 0.5) is 0 Å². The van der Waals surface area contributed by atoms with E-state index in [4.69, 9.17) is 0 Å². The molecule has 0 bridgehead atoms. The monoisotopic (exact) mass is 300 g/mol. The van der Waals surface area contributed by atoms with Gasteiger partial charge in [-0.3, -0.25) is 14.5 Å². The lowest BCUT2D eigenvalue weighted by Crippen LogP contribution is -2.32. The quantitative estimate of drug-likeness (QED) is 0.892. The number of aryl methyl sites for hydroxylation is 1. The summed E-state index contributed by atoms with van der Waals surface area (Å²) in [7, 11) is 0. The van der Waals surface area contributed by atoms with Crippen molar-refractivity contribution in [2.24, 2.45) is 0 Å². The van der Waals surface area contributed by atoms with Crippen LogP contribution in [0.25, 0.3) is 0 Å². The van der Waals surface area contributed by atoms with Crippen molar-refractivity contribution in [3.8, 4) is 0 Å². The maximum Gasteiger partial charge on any atom is 0.242 e. The van der Waals surface area contributed by atoms with Crippen LogP contribution in [0.5, 0.6) is 0 Å². The number of nitrogens with one attached hydrogen (secondary N) is 1. The first-order valence-corrected chi connectivity index (χ1v) is 7.78. The average Bonchev–Trinajstić information content (AvgIpc) is 2.79. The van der Waals surface area contributed by atoms with Crippen LogP contribution in [0.3, 0.4) is 0 Å². The molecule has 2 heterocycles. The van der Waals surface area contributed by atoms with Crippen molar-refractivity contribution in [2.75, 3.05) is 0 Å². The van der Waals surface area contributed by atoms with Crippen LogP contribution in [0.15, 0.2) is 24.5 Å². The van der Waals surface area contributed by atoms with Crippen LogP contribution in [0.1, 0.15) is 48.8 Å². The van der Waals surface area contributed by atoms with Gasteiger partial charge in [-0.2, -0.15) is 5.10 Å². The minimum Gasteiger partial charge on any atom is -0.348 e. The molecule has 0 fully saturated rings. The number of amides is 1. The van der Waals surface area contributed by atoms with E-state index in [0.29, 0.717) is 0 Å². The predicted molar refractivity (Wildman–Crippen MR) is 86.5 cm³/mol. The van der Waals surface area contributed by atoms with Crippen molar-refractivity contribution in [1.29, 1.82) is 0 Å². The molecule has 0 spiro atoms. The summed E-state index contributed by atoms with van der Waals surface area (Å²) < 4.78 is 1.79. The molecule has 0 saturated heterocycles. The molecule has 22 heavy (non-hydrogen) atoms. The van der Waals surface area contributed by atoms with Crippen LogP contribution in [-0.4, -0.2) is 20.7 Å². The summed E-state index contributed by atoms with van der Waals surface area (Å²) in [5.74, 6) is -0.0167. The van der Waals surface area contributed by atoms with Gasteiger partial charge in [0.1, 0.15) is 6.54 Å². The van der Waals surface area contributed by atoms with E-state index < -0.39 is 0 Å². The third-order valence-electron chi connectivity index (χ3n) is 4.03. The molecular weight excluding hydrogens is 276 g/mol. The fourth-order valence-electron chi connectivity index (χ4n) is 2.79. The van der Waals surface area contributed by atoms with Crippen LogP contribution >= 0.6 is 0 Å². The zero-order valence-electron chi connectivity index (χ0n) is 13.8. The zero-order valence-corrected chi connectivity index (χ0v) is 13.8. The first kappa shape index (κ1) is 16.2. The van der Waals surface area contributed by atoms with Crippen LogP contribution in [-0.2, 0) is 17.8 Å². The summed E-state index contributed by atoms with van der Waals surface area (Å²) in [4.78, 5) is 16.3. The summed E-state index contributed by atoms with van der Waals surface area (Å²) in [6, 6.07) is 3.89. The smallest absolute Gasteiger partial charge is 0.242 e. The van der Waals surface area contributed by atoms with Crippen molar-refractivity contribution in [3.63, 3.8) is 0 Å². The highest BCUT2D eigenvalue weighted by molar-refractivity contribution is 5.76. The highest BCUT2D eigenvalue weighted by Gasteiger charge is 2.16. The van der Waals surface area contributed by atoms with E-state index in [2.05, 4.69) is 29.2 Å². The molecule has 1 N–H and O–H groups in total. The summed E-state index contributed by atoms with van der Waals surface area (Å²) >= 11 is 0. The van der Waals surface area contributed by atoms with Crippen LogP contribution < -0.4 is 5.32 Å². The molecule has 2 rings (SSSR count). The van der Waals surface area contributed by atoms with E-state index >= 15 is 0 Å². The number of rotatable bonds is 6. The lowest BCUT2D eigenvalue weighted by atomic mass is 10.1.